The lowest BCUT2D eigenvalue weighted by Gasteiger charge is -2.11. The fraction of sp³-hybridized carbons (Fsp3) is 0.298. The number of aliphatic carboxylic acids is 2. The lowest BCUT2D eigenvalue weighted by Crippen LogP contribution is -2.17. The Hall–Kier alpha value is -8.44. The van der Waals surface area contributed by atoms with Crippen LogP contribution in [0.5, 0.6) is 34.5 Å². The first-order chi connectivity index (χ1) is 38.1. The molecule has 0 spiro atoms. The Balaban J connectivity index is 0.000000357. The molecule has 6 rings (SSSR count). The number of carbonyl (C=O) groups is 4. The van der Waals surface area contributed by atoms with E-state index in [-0.39, 0.29) is 42.9 Å². The van der Waals surface area contributed by atoms with Gasteiger partial charge in [0.2, 0.25) is 0 Å². The van der Waals surface area contributed by atoms with Crippen molar-refractivity contribution in [3.05, 3.63) is 145 Å². The Morgan fingerprint density at radius 1 is 0.346 bits per heavy atom. The van der Waals surface area contributed by atoms with Gasteiger partial charge in [-0.15, -0.1) is 39.5 Å². The molecule has 6 aromatic carbocycles. The number of phenols is 1. The number of hydrogen-bond donors (Lipinski definition) is 3. The first-order valence-corrected chi connectivity index (χ1v) is 24.6. The Morgan fingerprint density at radius 3 is 0.852 bits per heavy atom. The average Bonchev–Trinajstić information content (AvgIpc) is 3.37. The van der Waals surface area contributed by atoms with E-state index in [4.69, 9.17) is 24.8 Å². The summed E-state index contributed by atoms with van der Waals surface area (Å²) in [5.74, 6) is -8.11. The fourth-order valence-corrected chi connectivity index (χ4v) is 7.27. The van der Waals surface area contributed by atoms with Crippen molar-refractivity contribution in [1.29, 1.82) is 0 Å². The van der Waals surface area contributed by atoms with E-state index in [1.54, 1.807) is 0 Å². The van der Waals surface area contributed by atoms with E-state index >= 15 is 0 Å². The van der Waals surface area contributed by atoms with E-state index in [2.05, 4.69) is 14.2 Å². The van der Waals surface area contributed by atoms with Crippen molar-refractivity contribution in [3.63, 3.8) is 0 Å². The lowest BCUT2D eigenvalue weighted by atomic mass is 10.1. The van der Waals surface area contributed by atoms with Gasteiger partial charge in [0.05, 0.1) is 0 Å². The van der Waals surface area contributed by atoms with Crippen LogP contribution in [0.15, 0.2) is 127 Å². The van der Waals surface area contributed by atoms with Crippen LogP contribution < -0.4 is 23.7 Å². The second-order valence-corrected chi connectivity index (χ2v) is 17.4. The molecule has 24 heteroatoms. The lowest BCUT2D eigenvalue weighted by molar-refractivity contribution is -0.276. The predicted octanol–water partition coefficient (Wildman–Crippen LogP) is 16.3. The number of phenolic OH excluding ortho intramolecular Hbond substituents is 1. The first kappa shape index (κ1) is 65.1. The molecule has 0 heterocycles. The minimum absolute atomic E-state index is 0.0428. The Morgan fingerprint density at radius 2 is 0.593 bits per heavy atom. The summed E-state index contributed by atoms with van der Waals surface area (Å²) in [6.45, 7) is 0. The van der Waals surface area contributed by atoms with Crippen LogP contribution >= 0.6 is 0 Å². The van der Waals surface area contributed by atoms with Crippen LogP contribution in [0, 0.1) is 17.5 Å². The summed E-state index contributed by atoms with van der Waals surface area (Å²) in [5.41, 5.74) is 2.53. The Bertz CT molecular complexity index is 2820. The highest BCUT2D eigenvalue weighted by molar-refractivity contribution is 5.74. The number of carbonyl (C=O) groups excluding carboxylic acids is 2. The molecule has 12 nitrogen and oxygen atoms in total. The van der Waals surface area contributed by atoms with E-state index in [1.165, 1.54) is 91.0 Å². The molecule has 0 amide bonds. The molecule has 0 radical (unpaired) electrons. The molecule has 6 aromatic rings. The molecule has 0 fully saturated rings. The summed E-state index contributed by atoms with van der Waals surface area (Å²) in [6.07, 6.45) is -6.81. The number of ether oxygens (including phenoxy) is 5. The number of unbranched alkanes of at least 4 members (excludes halogenated alkanes) is 8. The normalized spacial score (nSPS) is 11.3. The van der Waals surface area contributed by atoms with E-state index in [1.807, 2.05) is 0 Å². The van der Waals surface area contributed by atoms with E-state index < -0.39 is 77.7 Å². The molecule has 0 saturated carbocycles. The highest BCUT2D eigenvalue weighted by atomic mass is 19.4. The fourth-order valence-electron chi connectivity index (χ4n) is 7.27. The molecule has 436 valence electrons. The molecule has 0 unspecified atom stereocenters. The molecule has 0 atom stereocenters. The van der Waals surface area contributed by atoms with Crippen LogP contribution in [-0.4, -0.2) is 58.3 Å². The number of esters is 2. The van der Waals surface area contributed by atoms with E-state index in [0.717, 1.165) is 62.1 Å². The van der Waals surface area contributed by atoms with E-state index in [9.17, 15) is 71.9 Å². The zero-order chi connectivity index (χ0) is 59.8. The summed E-state index contributed by atoms with van der Waals surface area (Å²) in [5, 5.41) is 25.7. The molecule has 81 heavy (non-hydrogen) atoms. The number of hydrogen-bond acceptors (Lipinski definition) is 10. The van der Waals surface area contributed by atoms with Gasteiger partial charge in [-0.1, -0.05) is 93.1 Å². The van der Waals surface area contributed by atoms with Gasteiger partial charge in [0.15, 0.2) is 34.7 Å². The third-order valence-electron chi connectivity index (χ3n) is 11.1. The predicted molar refractivity (Wildman–Crippen MR) is 268 cm³/mol. The highest BCUT2D eigenvalue weighted by Gasteiger charge is 2.34. The van der Waals surface area contributed by atoms with E-state index in [0.29, 0.717) is 71.9 Å². The van der Waals surface area contributed by atoms with Crippen LogP contribution in [0.25, 0.3) is 33.4 Å². The second-order valence-electron chi connectivity index (χ2n) is 17.4. The average molecular weight is 1160 g/mol. The number of alkyl halides is 9. The molecular weight excluding hydrogens is 1100 g/mol. The van der Waals surface area contributed by atoms with Gasteiger partial charge >= 0.3 is 43.0 Å². The molecule has 0 bridgehead atoms. The van der Waals surface area contributed by atoms with Crippen LogP contribution in [0.3, 0.4) is 0 Å². The molecular formula is C57H52F12O12. The zero-order valence-electron chi connectivity index (χ0n) is 42.6. The van der Waals surface area contributed by atoms with Crippen molar-refractivity contribution in [2.45, 2.75) is 109 Å². The largest absolute Gasteiger partial charge is 0.573 e. The maximum absolute atomic E-state index is 14.0. The van der Waals surface area contributed by atoms with Gasteiger partial charge in [0.25, 0.3) is 0 Å². The maximum Gasteiger partial charge on any atom is 0.573 e. The molecule has 0 aliphatic heterocycles. The van der Waals surface area contributed by atoms with Crippen molar-refractivity contribution in [2.75, 3.05) is 0 Å². The summed E-state index contributed by atoms with van der Waals surface area (Å²) in [6, 6.07) is 27.2. The quantitative estimate of drug-likeness (QED) is 0.0227. The van der Waals surface area contributed by atoms with Crippen molar-refractivity contribution in [1.82, 2.24) is 0 Å². The molecule has 3 N–H and O–H groups in total. The molecule has 0 aromatic heterocycles. The van der Waals surface area contributed by atoms with Crippen molar-refractivity contribution in [2.24, 2.45) is 0 Å². The van der Waals surface area contributed by atoms with Gasteiger partial charge in [-0.25, -0.2) is 13.2 Å². The first-order valence-electron chi connectivity index (χ1n) is 24.6. The topological polar surface area (TPSA) is 175 Å². The van der Waals surface area contributed by atoms with Gasteiger partial charge in [0.1, 0.15) is 17.2 Å². The summed E-state index contributed by atoms with van der Waals surface area (Å²) >= 11 is 0. The van der Waals surface area contributed by atoms with Crippen LogP contribution in [0.4, 0.5) is 52.7 Å². The number of halogens is 12. The number of benzene rings is 6. The third kappa shape index (κ3) is 25.9. The standard InChI is InChI=1S/C35H28F8O6.C13H8F4O2.C9H16O4/c36-28-20-24(12-18-30(28)48-34(38,39)40)22-8-14-26(15-9-22)46-32(44)6-4-2-1-3-5-7-33(45)47-27-16-10-23(11-17-27)25-13-19-31(29(37)21-25)49-35(41,42)43;14-11-7-9(8-1-4-10(18)5-2-8)3-6-12(11)19-13(15,16)17;10-8(11)6-4-2-1-3-5-7-9(12)13/h8-21H,1-7H2;1-7,18H;1-7H2,(H,10,11)(H,12,13). The number of aromatic hydroxyl groups is 1. The van der Waals surface area contributed by atoms with Crippen LogP contribution in [-0.2, 0) is 19.2 Å². The van der Waals surface area contributed by atoms with Crippen molar-refractivity contribution >= 4 is 23.9 Å². The van der Waals surface area contributed by atoms with Gasteiger partial charge in [0, 0.05) is 25.7 Å². The summed E-state index contributed by atoms with van der Waals surface area (Å²) < 4.78 is 173. The minimum atomic E-state index is -5.01. The van der Waals surface area contributed by atoms with Crippen LogP contribution in [0.2, 0.25) is 0 Å². The Labute approximate surface area is 455 Å². The summed E-state index contributed by atoms with van der Waals surface area (Å²) in [4.78, 5) is 44.6. The van der Waals surface area contributed by atoms with Gasteiger partial charge in [-0.3, -0.25) is 19.2 Å². The SMILES string of the molecule is O=C(CCCCCCCC(=O)Oc1ccc(-c2ccc(OC(F)(F)F)c(F)c2)cc1)Oc1ccc(-c2ccc(OC(F)(F)F)c(F)c2)cc1.O=C(O)CCCCCCCC(=O)O.Oc1ccc(-c2ccc(OC(F)(F)F)c(F)c2)cc1. The second kappa shape index (κ2) is 31.4. The molecule has 0 aliphatic carbocycles. The number of rotatable bonds is 24. The van der Waals surface area contributed by atoms with Gasteiger partial charge in [-0.2, -0.15) is 0 Å². The smallest absolute Gasteiger partial charge is 0.508 e. The number of carboxylic acids is 2. The highest BCUT2D eigenvalue weighted by Crippen LogP contribution is 2.34. The van der Waals surface area contributed by atoms with Gasteiger partial charge in [-0.05, 0) is 132 Å². The number of carboxylic acid groups (broad SMARTS) is 2. The van der Waals surface area contributed by atoms with Crippen molar-refractivity contribution in [3.8, 4) is 67.9 Å². The molecule has 0 aliphatic rings. The van der Waals surface area contributed by atoms with Crippen molar-refractivity contribution < 1.29 is 111 Å². The minimum Gasteiger partial charge on any atom is -0.508 e. The third-order valence-corrected chi connectivity index (χ3v) is 11.1. The molecule has 0 saturated heterocycles. The summed E-state index contributed by atoms with van der Waals surface area (Å²) in [7, 11) is 0. The van der Waals surface area contributed by atoms with Gasteiger partial charge < -0.3 is 39.0 Å². The monoisotopic (exact) mass is 1160 g/mol. The van der Waals surface area contributed by atoms with Crippen LogP contribution in [0.1, 0.15) is 89.9 Å². The maximum atomic E-state index is 14.0. The Kier molecular flexibility index (Phi) is 25.2. The zero-order valence-corrected chi connectivity index (χ0v) is 42.6.